The molecular formula is C13H16N4OS. The Labute approximate surface area is 115 Å². The number of nitrogens with two attached hydrogens (primary N) is 1. The van der Waals surface area contributed by atoms with Gasteiger partial charge in [0, 0.05) is 24.5 Å². The Morgan fingerprint density at radius 2 is 2.32 bits per heavy atom. The molecule has 6 heteroatoms. The van der Waals surface area contributed by atoms with Gasteiger partial charge < -0.3 is 10.7 Å². The summed E-state index contributed by atoms with van der Waals surface area (Å²) in [7, 11) is 0. The fraction of sp³-hybridized carbons (Fsp3) is 0.231. The summed E-state index contributed by atoms with van der Waals surface area (Å²) in [4.78, 5) is 16.2. The van der Waals surface area contributed by atoms with Crippen molar-refractivity contribution in [1.82, 2.24) is 10.3 Å². The third-order valence-corrected chi connectivity index (χ3v) is 3.52. The first kappa shape index (κ1) is 13.5. The minimum Gasteiger partial charge on any atom is -0.352 e. The second-order valence-electron chi connectivity index (χ2n) is 4.13. The first-order valence-corrected chi connectivity index (χ1v) is 6.82. The highest BCUT2D eigenvalue weighted by atomic mass is 32.1. The van der Waals surface area contributed by atoms with Gasteiger partial charge in [-0.25, -0.2) is 4.98 Å². The molecule has 0 bridgehead atoms. The summed E-state index contributed by atoms with van der Waals surface area (Å²) in [6, 6.07) is 5.50. The van der Waals surface area contributed by atoms with E-state index in [0.717, 1.165) is 17.0 Å². The first-order valence-electron chi connectivity index (χ1n) is 5.94. The lowest BCUT2D eigenvalue weighted by Crippen LogP contribution is -2.27. The predicted octanol–water partition coefficient (Wildman–Crippen LogP) is 1.71. The number of hydrazine groups is 1. The summed E-state index contributed by atoms with van der Waals surface area (Å²) in [5.74, 6) is 5.29. The monoisotopic (exact) mass is 276 g/mol. The van der Waals surface area contributed by atoms with Crippen LogP contribution in [0.25, 0.3) is 0 Å². The maximum atomic E-state index is 12.0. The Bertz CT molecular complexity index is 554. The van der Waals surface area contributed by atoms with Crippen molar-refractivity contribution in [3.05, 3.63) is 45.9 Å². The van der Waals surface area contributed by atoms with Crippen LogP contribution < -0.4 is 16.6 Å². The molecule has 0 saturated carbocycles. The van der Waals surface area contributed by atoms with Crippen LogP contribution in [0.2, 0.25) is 0 Å². The van der Waals surface area contributed by atoms with E-state index < -0.39 is 0 Å². The second-order valence-corrected chi connectivity index (χ2v) is 5.10. The van der Waals surface area contributed by atoms with E-state index >= 15 is 0 Å². The highest BCUT2D eigenvalue weighted by molar-refractivity contribution is 7.09. The van der Waals surface area contributed by atoms with E-state index in [0.29, 0.717) is 17.8 Å². The van der Waals surface area contributed by atoms with Crippen molar-refractivity contribution in [1.29, 1.82) is 0 Å². The Hall–Kier alpha value is -1.92. The minimum atomic E-state index is -0.135. The fourth-order valence-corrected chi connectivity index (χ4v) is 2.35. The number of hydrogen-bond acceptors (Lipinski definition) is 5. The number of thiazole rings is 1. The fourth-order valence-electron chi connectivity index (χ4n) is 1.73. The molecule has 1 amide bonds. The third kappa shape index (κ3) is 3.52. The summed E-state index contributed by atoms with van der Waals surface area (Å²) < 4.78 is 0. The van der Waals surface area contributed by atoms with Gasteiger partial charge in [0.05, 0.1) is 16.3 Å². The van der Waals surface area contributed by atoms with E-state index in [2.05, 4.69) is 15.7 Å². The molecule has 1 aromatic heterocycles. The Morgan fingerprint density at radius 3 is 3.00 bits per heavy atom. The summed E-state index contributed by atoms with van der Waals surface area (Å²) in [5, 5.41) is 5.80. The Balaban J connectivity index is 1.96. The number of aromatic nitrogens is 1. The number of nitrogen functional groups attached to an aromatic ring is 1. The topological polar surface area (TPSA) is 80.0 Å². The number of aryl methyl sites for hydroxylation is 1. The van der Waals surface area contributed by atoms with Gasteiger partial charge in [0.2, 0.25) is 0 Å². The van der Waals surface area contributed by atoms with Crippen molar-refractivity contribution in [2.45, 2.75) is 13.3 Å². The molecule has 0 atom stereocenters. The van der Waals surface area contributed by atoms with Crippen molar-refractivity contribution >= 4 is 22.9 Å². The zero-order chi connectivity index (χ0) is 13.7. The number of rotatable bonds is 5. The van der Waals surface area contributed by atoms with Gasteiger partial charge in [-0.1, -0.05) is 6.07 Å². The second kappa shape index (κ2) is 6.31. The molecule has 0 radical (unpaired) electrons. The lowest BCUT2D eigenvalue weighted by molar-refractivity contribution is 0.0955. The number of hydrogen-bond donors (Lipinski definition) is 3. The Morgan fingerprint density at radius 1 is 1.47 bits per heavy atom. The van der Waals surface area contributed by atoms with Gasteiger partial charge in [0.25, 0.3) is 5.91 Å². The van der Waals surface area contributed by atoms with Gasteiger partial charge >= 0.3 is 0 Å². The molecule has 2 aromatic rings. The van der Waals surface area contributed by atoms with Crippen molar-refractivity contribution in [3.8, 4) is 0 Å². The maximum absolute atomic E-state index is 12.0. The zero-order valence-electron chi connectivity index (χ0n) is 10.6. The van der Waals surface area contributed by atoms with Crippen LogP contribution in [0.1, 0.15) is 20.9 Å². The molecule has 4 N–H and O–H groups in total. The minimum absolute atomic E-state index is 0.135. The summed E-state index contributed by atoms with van der Waals surface area (Å²) >= 11 is 1.59. The van der Waals surface area contributed by atoms with E-state index in [9.17, 15) is 4.79 Å². The molecule has 0 aliphatic heterocycles. The standard InChI is InChI=1S/C13H16N4OS/c1-9-2-3-10(11(8-9)17-14)13(18)16-5-4-12-15-6-7-19-12/h2-3,6-8,17H,4-5,14H2,1H3,(H,16,18). The van der Waals surface area contributed by atoms with E-state index in [1.165, 1.54) is 0 Å². The average Bonchev–Trinajstić information content (AvgIpc) is 2.91. The molecule has 0 fully saturated rings. The van der Waals surface area contributed by atoms with Crippen LogP contribution in [0, 0.1) is 6.92 Å². The van der Waals surface area contributed by atoms with E-state index in [-0.39, 0.29) is 5.91 Å². The molecule has 100 valence electrons. The molecule has 2 rings (SSSR count). The van der Waals surface area contributed by atoms with E-state index in [1.807, 2.05) is 24.4 Å². The largest absolute Gasteiger partial charge is 0.352 e. The molecule has 19 heavy (non-hydrogen) atoms. The molecular weight excluding hydrogens is 260 g/mol. The van der Waals surface area contributed by atoms with Crippen LogP contribution in [-0.4, -0.2) is 17.4 Å². The number of benzene rings is 1. The molecule has 0 unspecified atom stereocenters. The van der Waals surface area contributed by atoms with Crippen molar-refractivity contribution in [2.75, 3.05) is 12.0 Å². The number of carbonyl (C=O) groups excluding carboxylic acids is 1. The van der Waals surface area contributed by atoms with Gasteiger partial charge in [-0.15, -0.1) is 11.3 Å². The van der Waals surface area contributed by atoms with Crippen LogP contribution in [0.5, 0.6) is 0 Å². The van der Waals surface area contributed by atoms with Crippen molar-refractivity contribution in [2.24, 2.45) is 5.84 Å². The summed E-state index contributed by atoms with van der Waals surface area (Å²) in [6.07, 6.45) is 2.50. The smallest absolute Gasteiger partial charge is 0.253 e. The van der Waals surface area contributed by atoms with Crippen LogP contribution in [0.3, 0.4) is 0 Å². The van der Waals surface area contributed by atoms with Crippen LogP contribution >= 0.6 is 11.3 Å². The lowest BCUT2D eigenvalue weighted by atomic mass is 10.1. The molecule has 1 heterocycles. The van der Waals surface area contributed by atoms with E-state index in [1.54, 1.807) is 23.6 Å². The normalized spacial score (nSPS) is 10.2. The van der Waals surface area contributed by atoms with Crippen LogP contribution in [-0.2, 0) is 6.42 Å². The van der Waals surface area contributed by atoms with E-state index in [4.69, 9.17) is 5.84 Å². The maximum Gasteiger partial charge on any atom is 0.253 e. The first-order chi connectivity index (χ1) is 9.20. The van der Waals surface area contributed by atoms with Crippen molar-refractivity contribution in [3.63, 3.8) is 0 Å². The predicted molar refractivity (Wildman–Crippen MR) is 77.1 cm³/mol. The molecule has 0 aliphatic carbocycles. The highest BCUT2D eigenvalue weighted by Gasteiger charge is 2.10. The SMILES string of the molecule is Cc1ccc(C(=O)NCCc2nccs2)c(NN)c1. The molecule has 0 aliphatic rings. The molecule has 0 spiro atoms. The zero-order valence-corrected chi connectivity index (χ0v) is 11.5. The molecule has 0 saturated heterocycles. The van der Waals surface area contributed by atoms with Gasteiger partial charge in [-0.2, -0.15) is 0 Å². The van der Waals surface area contributed by atoms with Gasteiger partial charge in [0.15, 0.2) is 0 Å². The van der Waals surface area contributed by atoms with Gasteiger partial charge in [-0.3, -0.25) is 10.6 Å². The molecule has 5 nitrogen and oxygen atoms in total. The van der Waals surface area contributed by atoms with Gasteiger partial charge in [-0.05, 0) is 24.6 Å². The van der Waals surface area contributed by atoms with Gasteiger partial charge in [0.1, 0.15) is 0 Å². The summed E-state index contributed by atoms with van der Waals surface area (Å²) in [5.41, 5.74) is 4.78. The highest BCUT2D eigenvalue weighted by Crippen LogP contribution is 2.16. The lowest BCUT2D eigenvalue weighted by Gasteiger charge is -2.10. The average molecular weight is 276 g/mol. The number of carbonyl (C=O) groups is 1. The van der Waals surface area contributed by atoms with Crippen LogP contribution in [0.15, 0.2) is 29.8 Å². The van der Waals surface area contributed by atoms with Crippen molar-refractivity contribution < 1.29 is 4.79 Å². The van der Waals surface area contributed by atoms with Crippen LogP contribution in [0.4, 0.5) is 5.69 Å². The third-order valence-electron chi connectivity index (χ3n) is 2.68. The number of nitrogens with one attached hydrogen (secondary N) is 2. The molecule has 1 aromatic carbocycles. The number of anilines is 1. The number of nitrogens with zero attached hydrogens (tertiary/aromatic N) is 1. The quantitative estimate of drug-likeness (QED) is 0.573. The summed E-state index contributed by atoms with van der Waals surface area (Å²) in [6.45, 7) is 2.51. The number of amides is 1. The Kier molecular flexibility index (Phi) is 4.48.